The third kappa shape index (κ3) is 3.14. The molecule has 0 amide bonds. The lowest BCUT2D eigenvalue weighted by molar-refractivity contribution is -0.384. The van der Waals surface area contributed by atoms with E-state index in [1.165, 1.54) is 12.1 Å². The molecule has 0 spiro atoms. The number of thioether (sulfide) groups is 1. The molecule has 0 atom stereocenters. The number of nitrogen functional groups attached to an aromatic ring is 1. The largest absolute Gasteiger partial charge is 0.439 e. The lowest BCUT2D eigenvalue weighted by Crippen LogP contribution is -1.99. The molecule has 6 nitrogen and oxygen atoms in total. The highest BCUT2D eigenvalue weighted by atomic mass is 32.2. The Labute approximate surface area is 113 Å². The zero-order chi connectivity index (χ0) is 13.8. The number of nitro groups is 1. The van der Waals surface area contributed by atoms with Crippen molar-refractivity contribution in [2.24, 2.45) is 0 Å². The second kappa shape index (κ2) is 5.57. The van der Waals surface area contributed by atoms with Gasteiger partial charge >= 0.3 is 5.69 Å². The first-order valence-corrected chi connectivity index (χ1v) is 6.55. The summed E-state index contributed by atoms with van der Waals surface area (Å²) in [5.41, 5.74) is 5.25. The van der Waals surface area contributed by atoms with Crippen molar-refractivity contribution in [3.63, 3.8) is 0 Å². The van der Waals surface area contributed by atoms with Crippen molar-refractivity contribution in [3.8, 4) is 11.6 Å². The summed E-state index contributed by atoms with van der Waals surface area (Å²) in [6.45, 7) is 0. The molecule has 2 rings (SSSR count). The minimum atomic E-state index is -0.584. The molecule has 19 heavy (non-hydrogen) atoms. The number of nitrogens with zero attached hydrogens (tertiary/aromatic N) is 2. The van der Waals surface area contributed by atoms with E-state index in [1.807, 2.05) is 18.4 Å². The summed E-state index contributed by atoms with van der Waals surface area (Å²) in [7, 11) is 0. The van der Waals surface area contributed by atoms with Crippen LogP contribution in [0, 0.1) is 10.1 Å². The Balaban J connectivity index is 2.18. The number of pyridine rings is 1. The van der Waals surface area contributed by atoms with E-state index in [-0.39, 0.29) is 17.4 Å². The maximum Gasteiger partial charge on any atom is 0.311 e. The van der Waals surface area contributed by atoms with Crippen molar-refractivity contribution in [2.45, 2.75) is 4.90 Å². The Kier molecular flexibility index (Phi) is 3.86. The summed E-state index contributed by atoms with van der Waals surface area (Å²) in [5.74, 6) is 0.654. The number of hydrogen-bond acceptors (Lipinski definition) is 6. The van der Waals surface area contributed by atoms with Crippen molar-refractivity contribution in [1.29, 1.82) is 0 Å². The lowest BCUT2D eigenvalue weighted by atomic mass is 10.3. The second-order valence-corrected chi connectivity index (χ2v) is 4.47. The van der Waals surface area contributed by atoms with Crippen LogP contribution in [0.5, 0.6) is 11.6 Å². The van der Waals surface area contributed by atoms with Crippen LogP contribution in [-0.2, 0) is 0 Å². The molecule has 98 valence electrons. The van der Waals surface area contributed by atoms with Gasteiger partial charge in [-0.25, -0.2) is 0 Å². The fourth-order valence-corrected chi connectivity index (χ4v) is 1.83. The van der Waals surface area contributed by atoms with Crippen LogP contribution in [0.15, 0.2) is 41.3 Å². The zero-order valence-electron chi connectivity index (χ0n) is 10.1. The molecule has 0 aliphatic rings. The highest BCUT2D eigenvalue weighted by Gasteiger charge is 2.13. The van der Waals surface area contributed by atoms with Gasteiger partial charge in [0.1, 0.15) is 5.75 Å². The predicted molar refractivity (Wildman–Crippen MR) is 73.6 cm³/mol. The van der Waals surface area contributed by atoms with Crippen LogP contribution in [0.2, 0.25) is 0 Å². The first-order valence-electron chi connectivity index (χ1n) is 5.33. The van der Waals surface area contributed by atoms with Crippen molar-refractivity contribution in [2.75, 3.05) is 12.0 Å². The molecule has 2 N–H and O–H groups in total. The van der Waals surface area contributed by atoms with E-state index in [4.69, 9.17) is 10.5 Å². The first-order chi connectivity index (χ1) is 9.10. The van der Waals surface area contributed by atoms with Crippen molar-refractivity contribution >= 4 is 23.3 Å². The van der Waals surface area contributed by atoms with Crippen molar-refractivity contribution in [1.82, 2.24) is 4.98 Å². The smallest absolute Gasteiger partial charge is 0.311 e. The molecule has 1 aromatic heterocycles. The van der Waals surface area contributed by atoms with Crippen LogP contribution in [0.1, 0.15) is 0 Å². The molecule has 0 saturated heterocycles. The van der Waals surface area contributed by atoms with E-state index in [1.54, 1.807) is 23.9 Å². The molecule has 0 radical (unpaired) electrons. The number of ether oxygens (including phenoxy) is 1. The van der Waals surface area contributed by atoms with E-state index in [0.29, 0.717) is 5.75 Å². The Morgan fingerprint density at radius 1 is 1.26 bits per heavy atom. The molecule has 0 unspecified atom stereocenters. The van der Waals surface area contributed by atoms with Crippen LogP contribution < -0.4 is 10.5 Å². The molecule has 0 saturated carbocycles. The molecule has 0 bridgehead atoms. The Bertz CT molecular complexity index is 602. The predicted octanol–water partition coefficient (Wildman–Crippen LogP) is 3.09. The quantitative estimate of drug-likeness (QED) is 0.524. The fraction of sp³-hybridized carbons (Fsp3) is 0.0833. The van der Waals surface area contributed by atoms with Gasteiger partial charge in [0.2, 0.25) is 11.7 Å². The van der Waals surface area contributed by atoms with E-state index in [9.17, 15) is 10.1 Å². The van der Waals surface area contributed by atoms with E-state index >= 15 is 0 Å². The van der Waals surface area contributed by atoms with Gasteiger partial charge in [-0.15, -0.1) is 11.8 Å². The van der Waals surface area contributed by atoms with Crippen molar-refractivity contribution in [3.05, 3.63) is 46.5 Å². The van der Waals surface area contributed by atoms with Gasteiger partial charge in [0.15, 0.2) is 0 Å². The molecule has 0 aliphatic heterocycles. The van der Waals surface area contributed by atoms with E-state index in [0.717, 1.165) is 4.90 Å². The maximum absolute atomic E-state index is 10.6. The van der Waals surface area contributed by atoms with Crippen LogP contribution in [0.4, 0.5) is 11.5 Å². The van der Waals surface area contributed by atoms with Gasteiger partial charge in [-0.3, -0.25) is 10.1 Å². The minimum absolute atomic E-state index is 0.164. The topological polar surface area (TPSA) is 91.3 Å². The minimum Gasteiger partial charge on any atom is -0.439 e. The monoisotopic (exact) mass is 277 g/mol. The van der Waals surface area contributed by atoms with Crippen LogP contribution >= 0.6 is 11.8 Å². The number of anilines is 1. The van der Waals surface area contributed by atoms with Crippen molar-refractivity contribution < 1.29 is 9.66 Å². The van der Waals surface area contributed by atoms with Gasteiger partial charge in [0, 0.05) is 17.0 Å². The molecule has 0 aliphatic carbocycles. The molecule has 0 fully saturated rings. The van der Waals surface area contributed by atoms with Gasteiger partial charge in [0.05, 0.1) is 4.92 Å². The Morgan fingerprint density at radius 2 is 1.95 bits per heavy atom. The highest BCUT2D eigenvalue weighted by molar-refractivity contribution is 7.98. The van der Waals surface area contributed by atoms with Gasteiger partial charge < -0.3 is 10.5 Å². The average molecular weight is 277 g/mol. The summed E-state index contributed by atoms with van der Waals surface area (Å²) in [6, 6.07) is 10.1. The van der Waals surface area contributed by atoms with Crippen LogP contribution in [0.25, 0.3) is 0 Å². The summed E-state index contributed by atoms with van der Waals surface area (Å²) in [4.78, 5) is 15.0. The number of hydrogen-bond donors (Lipinski definition) is 1. The zero-order valence-corrected chi connectivity index (χ0v) is 10.9. The third-order valence-corrected chi connectivity index (χ3v) is 3.10. The molecule has 1 heterocycles. The summed E-state index contributed by atoms with van der Waals surface area (Å²) in [5, 5.41) is 10.6. The van der Waals surface area contributed by atoms with E-state index in [2.05, 4.69) is 4.98 Å². The molecular formula is C12H11N3O3S. The Hall–Kier alpha value is -2.28. The number of benzene rings is 1. The molecular weight excluding hydrogens is 266 g/mol. The average Bonchev–Trinajstić information content (AvgIpc) is 2.39. The fourth-order valence-electron chi connectivity index (χ4n) is 1.42. The third-order valence-electron chi connectivity index (χ3n) is 2.36. The van der Waals surface area contributed by atoms with Gasteiger partial charge in [-0.2, -0.15) is 4.98 Å². The van der Waals surface area contributed by atoms with Gasteiger partial charge in [0.25, 0.3) is 0 Å². The number of nitrogens with two attached hydrogens (primary N) is 1. The van der Waals surface area contributed by atoms with Gasteiger partial charge in [-0.1, -0.05) is 0 Å². The highest BCUT2D eigenvalue weighted by Crippen LogP contribution is 2.26. The van der Waals surface area contributed by atoms with Crippen LogP contribution in [-0.4, -0.2) is 16.2 Å². The summed E-state index contributed by atoms with van der Waals surface area (Å²) < 4.78 is 5.47. The summed E-state index contributed by atoms with van der Waals surface area (Å²) >= 11 is 1.63. The standard InChI is InChI=1S/C12H11N3O3S/c1-19-9-4-2-8(3-5-9)18-11-7-6-10(15(16)17)12(13)14-11/h2-7H,1H3,(H2,13,14). The normalized spacial score (nSPS) is 10.2. The number of aromatic nitrogens is 1. The van der Waals surface area contributed by atoms with E-state index < -0.39 is 4.92 Å². The molecule has 2 aromatic rings. The Morgan fingerprint density at radius 3 is 2.47 bits per heavy atom. The SMILES string of the molecule is CSc1ccc(Oc2ccc([N+](=O)[O-])c(N)n2)cc1. The maximum atomic E-state index is 10.6. The summed E-state index contributed by atoms with van der Waals surface area (Å²) in [6.07, 6.45) is 1.98. The molecule has 7 heteroatoms. The number of rotatable bonds is 4. The van der Waals surface area contributed by atoms with Crippen LogP contribution in [0.3, 0.4) is 0 Å². The second-order valence-electron chi connectivity index (χ2n) is 3.59. The van der Waals surface area contributed by atoms with Gasteiger partial charge in [-0.05, 0) is 30.5 Å². The lowest BCUT2D eigenvalue weighted by Gasteiger charge is -2.05. The first kappa shape index (κ1) is 13.2. The molecule has 1 aromatic carbocycles.